The topological polar surface area (TPSA) is 312 Å². The number of piperidine rings is 5. The lowest BCUT2D eigenvalue weighted by atomic mass is 9.98. The van der Waals surface area contributed by atoms with Crippen molar-refractivity contribution in [2.45, 2.75) is 212 Å². The zero-order chi connectivity index (χ0) is 84.2. The van der Waals surface area contributed by atoms with E-state index in [0.29, 0.717) is 62.0 Å². The number of amides is 2. The molecule has 5 unspecified atom stereocenters. The number of carbonyl (C=O) groups is 5. The second-order valence-electron chi connectivity index (χ2n) is 32.3. The maximum absolute atomic E-state index is 12.6. The molecule has 2 amide bonds. The van der Waals surface area contributed by atoms with E-state index in [2.05, 4.69) is 91.1 Å². The lowest BCUT2D eigenvalue weighted by Gasteiger charge is -2.36. The summed E-state index contributed by atoms with van der Waals surface area (Å²) in [7, 11) is 0. The molecule has 15 rings (SSSR count). The normalized spacial score (nSPS) is 18.5. The van der Waals surface area contributed by atoms with Gasteiger partial charge in [-0.3, -0.25) is 24.2 Å². The summed E-state index contributed by atoms with van der Waals surface area (Å²) in [5, 5.41) is 46.2. The molecule has 4 aromatic carbocycles. The fourth-order valence-electron chi connectivity index (χ4n) is 16.5. The van der Waals surface area contributed by atoms with E-state index in [1.54, 1.807) is 66.6 Å². The van der Waals surface area contributed by atoms with Crippen molar-refractivity contribution < 1.29 is 53.5 Å². The summed E-state index contributed by atoms with van der Waals surface area (Å²) < 4.78 is 23.7. The molecule has 5 aliphatic heterocycles. The summed E-state index contributed by atoms with van der Waals surface area (Å²) in [5.74, 6) is -3.47. The molecule has 5 atom stereocenters. The van der Waals surface area contributed by atoms with Gasteiger partial charge >= 0.3 is 30.1 Å². The Bertz CT molecular complexity index is 4930. The Morgan fingerprint density at radius 3 is 1.53 bits per heavy atom. The molecule has 6 aliphatic rings. The van der Waals surface area contributed by atoms with Gasteiger partial charge in [-0.2, -0.15) is 0 Å². The molecule has 1 aliphatic carbocycles. The van der Waals surface area contributed by atoms with Crippen molar-refractivity contribution in [3.05, 3.63) is 224 Å². The van der Waals surface area contributed by atoms with Crippen LogP contribution in [0.5, 0.6) is 5.75 Å². The highest BCUT2D eigenvalue weighted by atomic mass is 35.5. The lowest BCUT2D eigenvalue weighted by Crippen LogP contribution is -2.47. The SMILES string of the molecule is CC(C)(C)OC(=O)NCC1CCCCN1.CCOC(=O)c1cn(CC2CCCCN2)cc(C)c1=O.Cc1cn(CC2CCCCN2Cc2csc3ccc(Cl)cc23)cc(C(=O)O)c1=O.Cl.Cl.NCC1CCCCN1C(=O)OCC1c2ccccc2-c2ccccc21.O=C(O)c1cn(CC2CCCCN2Cc2csc3ccc(Cl)cc23)cc(O)c1=O. The summed E-state index contributed by atoms with van der Waals surface area (Å²) in [6.07, 6.45) is 25.6. The maximum atomic E-state index is 12.6. The molecule has 0 saturated carbocycles. The number of hydrogen-bond donors (Lipinski definition) is 7. The Morgan fingerprint density at radius 1 is 0.567 bits per heavy atom. The smallest absolute Gasteiger partial charge is 0.410 e. The van der Waals surface area contributed by atoms with Gasteiger partial charge in [0.05, 0.1) is 6.61 Å². The zero-order valence-electron chi connectivity index (χ0n) is 69.2. The van der Waals surface area contributed by atoms with Crippen molar-refractivity contribution in [1.29, 1.82) is 0 Å². The number of nitrogens with zero attached hydrogens (tertiary/aromatic N) is 6. The molecule has 24 nitrogen and oxygen atoms in total. The minimum atomic E-state index is -1.33. The van der Waals surface area contributed by atoms with Crippen LogP contribution in [0.1, 0.15) is 194 Å². The largest absolute Gasteiger partial charge is 0.503 e. The number of nitrogens with one attached hydrogen (secondary N) is 3. The number of rotatable bonds is 19. The molecule has 30 heteroatoms. The van der Waals surface area contributed by atoms with Crippen LogP contribution in [0.25, 0.3) is 31.3 Å². The number of pyridine rings is 3. The summed E-state index contributed by atoms with van der Waals surface area (Å²) in [4.78, 5) is 101. The Balaban J connectivity index is 0.000000173. The van der Waals surface area contributed by atoms with E-state index in [-0.39, 0.29) is 78.2 Å². The molecule has 5 saturated heterocycles. The number of aromatic nitrogens is 3. The van der Waals surface area contributed by atoms with Gasteiger partial charge in [-0.05, 0) is 230 Å². The summed E-state index contributed by atoms with van der Waals surface area (Å²) in [6.45, 7) is 20.9. The van der Waals surface area contributed by atoms with Crippen molar-refractivity contribution in [3.8, 4) is 16.9 Å². The summed E-state index contributed by atoms with van der Waals surface area (Å²) in [6, 6.07) is 30.1. The van der Waals surface area contributed by atoms with Crippen LogP contribution in [0.2, 0.25) is 10.0 Å². The number of nitrogens with two attached hydrogens (primary N) is 1. The van der Waals surface area contributed by atoms with Crippen LogP contribution in [0.4, 0.5) is 9.59 Å². The predicted molar refractivity (Wildman–Crippen MR) is 481 cm³/mol. The van der Waals surface area contributed by atoms with E-state index in [0.717, 1.165) is 133 Å². The highest BCUT2D eigenvalue weighted by Crippen LogP contribution is 2.45. The number of thiophene rings is 2. The highest BCUT2D eigenvalue weighted by Gasteiger charge is 2.33. The number of aromatic hydroxyl groups is 1. The number of carboxylic acid groups (broad SMARTS) is 2. The number of carboxylic acids is 2. The highest BCUT2D eigenvalue weighted by molar-refractivity contribution is 7.17. The van der Waals surface area contributed by atoms with Gasteiger partial charge in [-0.25, -0.2) is 24.0 Å². The van der Waals surface area contributed by atoms with Gasteiger partial charge in [0.1, 0.15) is 28.9 Å². The molecule has 0 spiro atoms. The quantitative estimate of drug-likeness (QED) is 0.0292. The minimum absolute atomic E-state index is 0. The van der Waals surface area contributed by atoms with E-state index < -0.39 is 45.7 Å². The number of benzene rings is 4. The molecule has 5 fully saturated rings. The Hall–Kier alpha value is -8.64. The second-order valence-corrected chi connectivity index (χ2v) is 35.0. The van der Waals surface area contributed by atoms with Gasteiger partial charge in [0, 0.05) is 156 Å². The number of likely N-dealkylation sites (tertiary alicyclic amines) is 3. The van der Waals surface area contributed by atoms with Crippen molar-refractivity contribution in [2.75, 3.05) is 59.0 Å². The van der Waals surface area contributed by atoms with Gasteiger partial charge in [0.2, 0.25) is 5.43 Å². The van der Waals surface area contributed by atoms with Gasteiger partial charge in [-0.1, -0.05) is 97.4 Å². The van der Waals surface area contributed by atoms with Crippen LogP contribution in [-0.4, -0.2) is 169 Å². The number of halogens is 4. The third kappa shape index (κ3) is 26.0. The van der Waals surface area contributed by atoms with Crippen molar-refractivity contribution >= 4 is 121 Å². The van der Waals surface area contributed by atoms with E-state index in [9.17, 15) is 53.7 Å². The van der Waals surface area contributed by atoms with Crippen molar-refractivity contribution in [1.82, 2.24) is 44.4 Å². The number of alkyl carbamates (subject to hydrolysis) is 1. The number of aryl methyl sites for hydroxylation is 2. The lowest BCUT2D eigenvalue weighted by molar-refractivity contribution is 0.0511. The molecule has 9 aromatic rings. The summed E-state index contributed by atoms with van der Waals surface area (Å²) >= 11 is 15.8. The van der Waals surface area contributed by atoms with Crippen LogP contribution in [0.3, 0.4) is 0 Å². The number of aromatic carboxylic acids is 2. The van der Waals surface area contributed by atoms with Crippen LogP contribution < -0.4 is 38.0 Å². The Labute approximate surface area is 731 Å². The van der Waals surface area contributed by atoms with Crippen molar-refractivity contribution in [3.63, 3.8) is 0 Å². The number of fused-ring (bicyclic) bond motifs is 5. The van der Waals surface area contributed by atoms with Gasteiger partial charge in [0.25, 0.3) is 0 Å². The van der Waals surface area contributed by atoms with Crippen LogP contribution in [0, 0.1) is 13.8 Å². The van der Waals surface area contributed by atoms with Crippen molar-refractivity contribution in [2.24, 2.45) is 5.73 Å². The molecular weight excluding hydrogens is 1650 g/mol. The first kappa shape index (κ1) is 95.2. The third-order valence-corrected chi connectivity index (χ3v) is 25.0. The first-order valence-corrected chi connectivity index (χ1v) is 43.8. The van der Waals surface area contributed by atoms with E-state index in [1.165, 1.54) is 97.8 Å². The van der Waals surface area contributed by atoms with Crippen LogP contribution in [0.15, 0.2) is 147 Å². The molecule has 10 heterocycles. The van der Waals surface area contributed by atoms with E-state index in [4.69, 9.17) is 43.1 Å². The second kappa shape index (κ2) is 45.5. The molecule has 0 radical (unpaired) electrons. The molecule has 0 bridgehead atoms. The average Bonchev–Trinajstić information content (AvgIpc) is 1.61. The number of ether oxygens (including phenoxy) is 3. The number of hydrogen-bond acceptors (Lipinski definition) is 19. The molecule has 5 aromatic heterocycles. The fraction of sp³-hybridized carbons (Fsp3) is 0.467. The third-order valence-electron chi connectivity index (χ3n) is 22.5. The summed E-state index contributed by atoms with van der Waals surface area (Å²) in [5.41, 5.74) is 12.0. The Morgan fingerprint density at radius 2 is 1.03 bits per heavy atom. The van der Waals surface area contributed by atoms with Crippen LogP contribution in [-0.2, 0) is 46.9 Å². The van der Waals surface area contributed by atoms with E-state index >= 15 is 0 Å². The number of esters is 1. The first-order valence-electron chi connectivity index (χ1n) is 41.3. The molecule has 8 N–H and O–H groups in total. The predicted octanol–water partition coefficient (Wildman–Crippen LogP) is 16.7. The fourth-order valence-corrected chi connectivity index (χ4v) is 18.7. The average molecular weight is 1770 g/mol. The van der Waals surface area contributed by atoms with Crippen LogP contribution >= 0.6 is 70.7 Å². The number of carbonyl (C=O) groups excluding carboxylic acids is 3. The van der Waals surface area contributed by atoms with Gasteiger partial charge in [0.15, 0.2) is 16.6 Å². The maximum Gasteiger partial charge on any atom is 0.410 e. The first-order chi connectivity index (χ1) is 56.7. The minimum Gasteiger partial charge on any atom is -0.503 e. The zero-order valence-corrected chi connectivity index (χ0v) is 73.9. The monoisotopic (exact) mass is 1760 g/mol. The van der Waals surface area contributed by atoms with Gasteiger partial charge < -0.3 is 69.8 Å². The standard InChI is InChI=1S/C22H23ClN2O3S.C21H21ClN2O4S.C21H24N2O2.C15H22N2O3.C11H22N2O2.2ClH/c1-14-9-24(12-19(21(14)26)22(27)28)11-17-4-2-3-7-25(17)10-15-13-29-20-6-5-16(23)8-18(15)20;22-14-4-5-19-16(7-14)13(12-29-19)8-24-6-2-1-3-15(24)9-23-10-17(21(27)28)20(26)18(25)11-23;22-13-15-7-5-6-12-23(15)21(24)25-14-20-18-10-3-1-8-16(18)17-9-2-4-11-19(17)20;1-3-20-15(19)13-10-17(8-11(2)14(13)18)9-12-6-4-5-7-16-12;1-11(2,3)15-10(14)13-8-9-6-4-5-7-12-9;;/h5-6,8-9,12-13,17H,2-4,7,10-11H2,1H3,(H,27,28);4-5,7,10-12,15,25H,1-3,6,8-9H2,(H,27,28);1-4,8-11,15,20H,5-7,12-14,22H2;8,10,12,16H,3-7,9H2,1-2H3;9,12H,4-8H2,1-3H3,(H,13,14);2*1H. The van der Waals surface area contributed by atoms with E-state index in [1.807, 2.05) is 65.1 Å². The molecule has 120 heavy (non-hydrogen) atoms. The Kier molecular flexibility index (Phi) is 36.1. The molecular formula is C90H114Cl4N10O14S2. The van der Waals surface area contributed by atoms with Gasteiger partial charge in [-0.15, -0.1) is 47.5 Å². The molecule has 648 valence electrons.